The molecule has 0 aliphatic heterocycles. The third kappa shape index (κ3) is 2.47. The van der Waals surface area contributed by atoms with Crippen LogP contribution in [0.5, 0.6) is 0 Å². The van der Waals surface area contributed by atoms with Crippen LogP contribution in [-0.2, 0) is 16.0 Å². The topological polar surface area (TPSA) is 52.3 Å². The average molecular weight is 179 g/mol. The number of hydrogen-bond donors (Lipinski definition) is 1. The van der Waals surface area contributed by atoms with Gasteiger partial charge in [-0.05, 0) is 24.1 Å². The number of nitrogen functional groups attached to an aromatic ring is 1. The van der Waals surface area contributed by atoms with Crippen LogP contribution in [0.2, 0.25) is 0 Å². The lowest BCUT2D eigenvalue weighted by molar-refractivity contribution is -0.139. The van der Waals surface area contributed by atoms with Gasteiger partial charge < -0.3 is 10.5 Å². The molecule has 0 radical (unpaired) electrons. The molecule has 0 amide bonds. The van der Waals surface area contributed by atoms with E-state index in [-0.39, 0.29) is 12.4 Å². The molecule has 0 atom stereocenters. The maximum absolute atomic E-state index is 10.9. The molecule has 0 aliphatic carbocycles. The van der Waals surface area contributed by atoms with Gasteiger partial charge in [0.15, 0.2) is 0 Å². The van der Waals surface area contributed by atoms with E-state index >= 15 is 0 Å². The molecular formula is C10H13NO2. The number of esters is 1. The summed E-state index contributed by atoms with van der Waals surface area (Å²) in [5, 5.41) is 0. The van der Waals surface area contributed by atoms with Crippen LogP contribution < -0.4 is 5.73 Å². The molecule has 0 saturated carbocycles. The second kappa shape index (κ2) is 3.94. The lowest BCUT2D eigenvalue weighted by Gasteiger charge is -2.03. The quantitative estimate of drug-likeness (QED) is 0.549. The van der Waals surface area contributed by atoms with Gasteiger partial charge in [-0.3, -0.25) is 4.79 Å². The number of nitrogens with two attached hydrogens (primary N) is 1. The van der Waals surface area contributed by atoms with Gasteiger partial charge in [-0.25, -0.2) is 0 Å². The Hall–Kier alpha value is -1.51. The van der Waals surface area contributed by atoms with E-state index in [1.807, 2.05) is 19.1 Å². The largest absolute Gasteiger partial charge is 0.469 e. The summed E-state index contributed by atoms with van der Waals surface area (Å²) in [6.45, 7) is 1.93. The molecule has 70 valence electrons. The fourth-order valence-electron chi connectivity index (χ4n) is 1.04. The van der Waals surface area contributed by atoms with Crippen LogP contribution in [0.25, 0.3) is 0 Å². The summed E-state index contributed by atoms with van der Waals surface area (Å²) in [5.74, 6) is -0.247. The van der Waals surface area contributed by atoms with E-state index < -0.39 is 0 Å². The standard InChI is InChI=1S/C10H13NO2/c1-7-3-4-8(5-9(7)11)6-10(12)13-2/h3-5H,6,11H2,1-2H3. The van der Waals surface area contributed by atoms with E-state index in [4.69, 9.17) is 5.73 Å². The van der Waals surface area contributed by atoms with E-state index in [9.17, 15) is 4.79 Å². The first-order valence-corrected chi connectivity index (χ1v) is 4.05. The van der Waals surface area contributed by atoms with E-state index in [0.29, 0.717) is 5.69 Å². The Bertz CT molecular complexity index is 321. The summed E-state index contributed by atoms with van der Waals surface area (Å²) in [5.41, 5.74) is 8.30. The van der Waals surface area contributed by atoms with E-state index in [1.54, 1.807) is 6.07 Å². The minimum atomic E-state index is -0.247. The van der Waals surface area contributed by atoms with Crippen LogP contribution in [0.1, 0.15) is 11.1 Å². The van der Waals surface area contributed by atoms with Crippen molar-refractivity contribution in [1.82, 2.24) is 0 Å². The van der Waals surface area contributed by atoms with Gasteiger partial charge in [0.1, 0.15) is 0 Å². The smallest absolute Gasteiger partial charge is 0.309 e. The minimum Gasteiger partial charge on any atom is -0.469 e. The van der Waals surface area contributed by atoms with Gasteiger partial charge in [0.25, 0.3) is 0 Å². The van der Waals surface area contributed by atoms with Crippen molar-refractivity contribution < 1.29 is 9.53 Å². The van der Waals surface area contributed by atoms with Crippen molar-refractivity contribution in [2.45, 2.75) is 13.3 Å². The molecule has 2 N–H and O–H groups in total. The lowest BCUT2D eigenvalue weighted by atomic mass is 10.1. The molecule has 0 saturated heterocycles. The van der Waals surface area contributed by atoms with Crippen molar-refractivity contribution >= 4 is 11.7 Å². The number of carbonyl (C=O) groups excluding carboxylic acids is 1. The summed E-state index contributed by atoms with van der Waals surface area (Å²) < 4.78 is 4.54. The Labute approximate surface area is 77.5 Å². The fraction of sp³-hybridized carbons (Fsp3) is 0.300. The first kappa shape index (κ1) is 9.58. The van der Waals surface area contributed by atoms with Crippen LogP contribution in [0.4, 0.5) is 5.69 Å². The summed E-state index contributed by atoms with van der Waals surface area (Å²) in [6, 6.07) is 5.57. The van der Waals surface area contributed by atoms with Gasteiger partial charge in [0.05, 0.1) is 13.5 Å². The minimum absolute atomic E-state index is 0.247. The van der Waals surface area contributed by atoms with Crippen LogP contribution >= 0.6 is 0 Å². The highest BCUT2D eigenvalue weighted by Crippen LogP contribution is 2.13. The van der Waals surface area contributed by atoms with Crippen molar-refractivity contribution in [2.24, 2.45) is 0 Å². The van der Waals surface area contributed by atoms with Gasteiger partial charge in [0.2, 0.25) is 0 Å². The zero-order valence-electron chi connectivity index (χ0n) is 7.83. The fourth-order valence-corrected chi connectivity index (χ4v) is 1.04. The Morgan fingerprint density at radius 3 is 2.77 bits per heavy atom. The predicted octanol–water partition coefficient (Wildman–Crippen LogP) is 1.29. The molecule has 3 nitrogen and oxygen atoms in total. The highest BCUT2D eigenvalue weighted by Gasteiger charge is 2.03. The summed E-state index contributed by atoms with van der Waals surface area (Å²) in [7, 11) is 1.37. The Balaban J connectivity index is 2.79. The molecule has 0 aliphatic rings. The van der Waals surface area contributed by atoms with E-state index in [2.05, 4.69) is 4.74 Å². The molecule has 0 aromatic heterocycles. The third-order valence-corrected chi connectivity index (χ3v) is 1.92. The number of ether oxygens (including phenoxy) is 1. The number of hydrogen-bond acceptors (Lipinski definition) is 3. The molecule has 13 heavy (non-hydrogen) atoms. The molecule has 1 aromatic rings. The zero-order valence-corrected chi connectivity index (χ0v) is 7.83. The number of aryl methyl sites for hydroxylation is 1. The third-order valence-electron chi connectivity index (χ3n) is 1.92. The van der Waals surface area contributed by atoms with Crippen molar-refractivity contribution in [2.75, 3.05) is 12.8 Å². The number of rotatable bonds is 2. The first-order valence-electron chi connectivity index (χ1n) is 4.05. The molecule has 1 aromatic carbocycles. The molecule has 0 bridgehead atoms. The van der Waals surface area contributed by atoms with Crippen LogP contribution in [0.15, 0.2) is 18.2 Å². The average Bonchev–Trinajstić information content (AvgIpc) is 2.11. The molecular weight excluding hydrogens is 166 g/mol. The SMILES string of the molecule is COC(=O)Cc1ccc(C)c(N)c1. The summed E-state index contributed by atoms with van der Waals surface area (Å²) in [4.78, 5) is 10.9. The predicted molar refractivity (Wildman–Crippen MR) is 51.3 cm³/mol. The molecule has 0 fully saturated rings. The summed E-state index contributed by atoms with van der Waals surface area (Å²) in [6.07, 6.45) is 0.279. The first-order chi connectivity index (χ1) is 6.13. The number of benzene rings is 1. The highest BCUT2D eigenvalue weighted by atomic mass is 16.5. The molecule has 0 heterocycles. The van der Waals surface area contributed by atoms with Crippen LogP contribution in [-0.4, -0.2) is 13.1 Å². The van der Waals surface area contributed by atoms with Gasteiger partial charge in [-0.2, -0.15) is 0 Å². The van der Waals surface area contributed by atoms with Crippen molar-refractivity contribution in [3.05, 3.63) is 29.3 Å². The molecule has 3 heteroatoms. The van der Waals surface area contributed by atoms with E-state index in [0.717, 1.165) is 11.1 Å². The second-order valence-electron chi connectivity index (χ2n) is 2.94. The molecule has 0 spiro atoms. The Kier molecular flexibility index (Phi) is 2.90. The van der Waals surface area contributed by atoms with Gasteiger partial charge in [-0.15, -0.1) is 0 Å². The molecule has 1 rings (SSSR count). The van der Waals surface area contributed by atoms with Gasteiger partial charge >= 0.3 is 5.97 Å². The number of anilines is 1. The lowest BCUT2D eigenvalue weighted by Crippen LogP contribution is -2.05. The molecule has 0 unspecified atom stereocenters. The number of methoxy groups -OCH3 is 1. The maximum atomic E-state index is 10.9. The maximum Gasteiger partial charge on any atom is 0.309 e. The monoisotopic (exact) mass is 179 g/mol. The zero-order chi connectivity index (χ0) is 9.84. The van der Waals surface area contributed by atoms with Crippen LogP contribution in [0, 0.1) is 6.92 Å². The van der Waals surface area contributed by atoms with E-state index in [1.165, 1.54) is 7.11 Å². The Morgan fingerprint density at radius 2 is 2.23 bits per heavy atom. The second-order valence-corrected chi connectivity index (χ2v) is 2.94. The van der Waals surface area contributed by atoms with Crippen molar-refractivity contribution in [3.63, 3.8) is 0 Å². The number of carbonyl (C=O) groups is 1. The summed E-state index contributed by atoms with van der Waals surface area (Å²) >= 11 is 0. The normalized spacial score (nSPS) is 9.69. The van der Waals surface area contributed by atoms with Gasteiger partial charge in [-0.1, -0.05) is 12.1 Å². The van der Waals surface area contributed by atoms with Gasteiger partial charge in [0, 0.05) is 5.69 Å². The Morgan fingerprint density at radius 1 is 1.54 bits per heavy atom. The van der Waals surface area contributed by atoms with Crippen LogP contribution in [0.3, 0.4) is 0 Å². The van der Waals surface area contributed by atoms with Crippen molar-refractivity contribution in [1.29, 1.82) is 0 Å². The van der Waals surface area contributed by atoms with Crippen molar-refractivity contribution in [3.8, 4) is 0 Å². The highest BCUT2D eigenvalue weighted by molar-refractivity contribution is 5.73.